The molecule has 2 aromatic rings. The smallest absolute Gasteiger partial charge is 0.145 e. The molecule has 0 amide bonds. The van der Waals surface area contributed by atoms with Crippen LogP contribution in [-0.2, 0) is 6.54 Å². The third kappa shape index (κ3) is 1.99. The molecule has 0 saturated heterocycles. The van der Waals surface area contributed by atoms with E-state index in [1.165, 1.54) is 4.88 Å². The zero-order valence-electron chi connectivity index (χ0n) is 7.70. The van der Waals surface area contributed by atoms with E-state index in [4.69, 9.17) is 5.73 Å². The fourth-order valence-corrected chi connectivity index (χ4v) is 2.75. The van der Waals surface area contributed by atoms with Gasteiger partial charge >= 0.3 is 0 Å². The summed E-state index contributed by atoms with van der Waals surface area (Å²) in [4.78, 5) is 1.27. The normalized spacial score (nSPS) is 10.7. The van der Waals surface area contributed by atoms with E-state index in [2.05, 4.69) is 27.1 Å². The molecule has 0 aromatic carbocycles. The molecule has 2 aromatic heterocycles. The molecule has 74 valence electrons. The Morgan fingerprint density at radius 1 is 1.57 bits per heavy atom. The first-order valence-electron chi connectivity index (χ1n) is 4.19. The van der Waals surface area contributed by atoms with Crippen LogP contribution in [0.25, 0.3) is 0 Å². The molecule has 0 aliphatic rings. The van der Waals surface area contributed by atoms with E-state index in [0.717, 1.165) is 16.0 Å². The first-order chi connectivity index (χ1) is 6.65. The van der Waals surface area contributed by atoms with Crippen LogP contribution in [-0.4, -0.2) is 9.78 Å². The predicted molar refractivity (Wildman–Crippen MR) is 62.5 cm³/mol. The second-order valence-electron chi connectivity index (χ2n) is 3.07. The molecule has 0 unspecified atom stereocenters. The Kier molecular flexibility index (Phi) is 2.60. The number of rotatable bonds is 2. The summed E-state index contributed by atoms with van der Waals surface area (Å²) in [5.41, 5.74) is 6.69. The molecule has 2 N–H and O–H groups in total. The number of thiophene rings is 1. The number of anilines is 1. The average molecular weight is 272 g/mol. The van der Waals surface area contributed by atoms with Crippen molar-refractivity contribution in [1.82, 2.24) is 9.78 Å². The molecular formula is C9H10BrN3S. The molecule has 2 rings (SSSR count). The molecule has 14 heavy (non-hydrogen) atoms. The van der Waals surface area contributed by atoms with Crippen molar-refractivity contribution < 1.29 is 0 Å². The number of halogens is 1. The maximum Gasteiger partial charge on any atom is 0.145 e. The van der Waals surface area contributed by atoms with Crippen LogP contribution in [0.5, 0.6) is 0 Å². The molecule has 0 radical (unpaired) electrons. The summed E-state index contributed by atoms with van der Waals surface area (Å²) in [6, 6.07) is 6.01. The highest BCUT2D eigenvalue weighted by Crippen LogP contribution is 2.23. The van der Waals surface area contributed by atoms with Gasteiger partial charge in [0.15, 0.2) is 0 Å². The fourth-order valence-electron chi connectivity index (χ4n) is 1.28. The molecule has 2 heterocycles. The number of hydrogen-bond donors (Lipinski definition) is 1. The van der Waals surface area contributed by atoms with Crippen molar-refractivity contribution in [2.45, 2.75) is 13.5 Å². The quantitative estimate of drug-likeness (QED) is 0.913. The third-order valence-corrected chi connectivity index (χ3v) is 3.54. The van der Waals surface area contributed by atoms with Crippen molar-refractivity contribution >= 4 is 33.1 Å². The zero-order chi connectivity index (χ0) is 10.1. The van der Waals surface area contributed by atoms with Gasteiger partial charge in [-0.3, -0.25) is 4.68 Å². The number of aromatic nitrogens is 2. The molecule has 0 aliphatic carbocycles. The van der Waals surface area contributed by atoms with Gasteiger partial charge in [0, 0.05) is 16.6 Å². The highest BCUT2D eigenvalue weighted by molar-refractivity contribution is 9.11. The third-order valence-electron chi connectivity index (χ3n) is 1.93. The Labute approximate surface area is 94.7 Å². The monoisotopic (exact) mass is 271 g/mol. The number of nitrogens with zero attached hydrogens (tertiary/aromatic N) is 2. The summed E-state index contributed by atoms with van der Waals surface area (Å²) in [6.45, 7) is 2.80. The van der Waals surface area contributed by atoms with Crippen molar-refractivity contribution in [3.8, 4) is 0 Å². The molecule has 0 fully saturated rings. The maximum atomic E-state index is 5.60. The molecule has 0 saturated carbocycles. The largest absolute Gasteiger partial charge is 0.382 e. The van der Waals surface area contributed by atoms with Gasteiger partial charge < -0.3 is 5.73 Å². The van der Waals surface area contributed by atoms with E-state index in [1.54, 1.807) is 11.3 Å². The van der Waals surface area contributed by atoms with Crippen LogP contribution < -0.4 is 5.73 Å². The highest BCUT2D eigenvalue weighted by Gasteiger charge is 2.03. The topological polar surface area (TPSA) is 43.8 Å². The SMILES string of the molecule is Cc1cc(N)nn1Cc1ccc(Br)s1. The van der Waals surface area contributed by atoms with Crippen molar-refractivity contribution in [3.63, 3.8) is 0 Å². The Morgan fingerprint density at radius 3 is 2.86 bits per heavy atom. The van der Waals surface area contributed by atoms with Gasteiger partial charge in [0.05, 0.1) is 10.3 Å². The minimum Gasteiger partial charge on any atom is -0.382 e. The van der Waals surface area contributed by atoms with Gasteiger partial charge in [0.1, 0.15) is 5.82 Å². The number of nitrogens with two attached hydrogens (primary N) is 1. The van der Waals surface area contributed by atoms with Crippen LogP contribution in [0.2, 0.25) is 0 Å². The predicted octanol–water partition coefficient (Wildman–Crippen LogP) is 2.65. The Bertz CT molecular complexity index is 447. The average Bonchev–Trinajstić information content (AvgIpc) is 2.61. The minimum absolute atomic E-state index is 0.582. The highest BCUT2D eigenvalue weighted by atomic mass is 79.9. The lowest BCUT2D eigenvalue weighted by Gasteiger charge is -2.00. The Balaban J connectivity index is 2.22. The van der Waals surface area contributed by atoms with Crippen LogP contribution in [0, 0.1) is 6.92 Å². The lowest BCUT2D eigenvalue weighted by molar-refractivity contribution is 0.675. The molecule has 5 heteroatoms. The molecule has 3 nitrogen and oxygen atoms in total. The summed E-state index contributed by atoms with van der Waals surface area (Å²) < 4.78 is 3.05. The van der Waals surface area contributed by atoms with Crippen LogP contribution in [0.15, 0.2) is 22.0 Å². The second kappa shape index (κ2) is 3.74. The standard InChI is InChI=1S/C9H10BrN3S/c1-6-4-9(11)12-13(6)5-7-2-3-8(10)14-7/h2-4H,5H2,1H3,(H2,11,12). The van der Waals surface area contributed by atoms with E-state index >= 15 is 0 Å². The van der Waals surface area contributed by atoms with Gasteiger partial charge in [0.2, 0.25) is 0 Å². The fraction of sp³-hybridized carbons (Fsp3) is 0.222. The van der Waals surface area contributed by atoms with Crippen molar-refractivity contribution in [1.29, 1.82) is 0 Å². The molecule has 0 atom stereocenters. The van der Waals surface area contributed by atoms with Crippen LogP contribution in [0.1, 0.15) is 10.6 Å². The van der Waals surface area contributed by atoms with Crippen LogP contribution >= 0.6 is 27.3 Å². The Hall–Kier alpha value is -0.810. The van der Waals surface area contributed by atoms with Crippen LogP contribution in [0.4, 0.5) is 5.82 Å². The van der Waals surface area contributed by atoms with Crippen molar-refractivity contribution in [3.05, 3.63) is 32.6 Å². The summed E-state index contributed by atoms with van der Waals surface area (Å²) in [7, 11) is 0. The van der Waals surface area contributed by atoms with E-state index < -0.39 is 0 Å². The molecular weight excluding hydrogens is 262 g/mol. The molecule has 0 spiro atoms. The van der Waals surface area contributed by atoms with Crippen molar-refractivity contribution in [2.75, 3.05) is 5.73 Å². The number of nitrogen functional groups attached to an aromatic ring is 1. The lowest BCUT2D eigenvalue weighted by Crippen LogP contribution is -2.02. The molecule has 0 bridgehead atoms. The van der Waals surface area contributed by atoms with E-state index in [1.807, 2.05) is 23.7 Å². The molecule has 0 aliphatic heterocycles. The Morgan fingerprint density at radius 2 is 2.36 bits per heavy atom. The second-order valence-corrected chi connectivity index (χ2v) is 5.62. The summed E-state index contributed by atoms with van der Waals surface area (Å²) in [5, 5.41) is 4.20. The maximum absolute atomic E-state index is 5.60. The van der Waals surface area contributed by atoms with E-state index in [-0.39, 0.29) is 0 Å². The summed E-state index contributed by atoms with van der Waals surface area (Å²) in [6.07, 6.45) is 0. The van der Waals surface area contributed by atoms with Crippen LogP contribution in [0.3, 0.4) is 0 Å². The van der Waals surface area contributed by atoms with Gasteiger partial charge in [-0.25, -0.2) is 0 Å². The first-order valence-corrected chi connectivity index (χ1v) is 5.80. The number of hydrogen-bond acceptors (Lipinski definition) is 3. The zero-order valence-corrected chi connectivity index (χ0v) is 10.1. The summed E-state index contributed by atoms with van der Waals surface area (Å²) >= 11 is 5.15. The van der Waals surface area contributed by atoms with Gasteiger partial charge in [-0.2, -0.15) is 5.10 Å². The van der Waals surface area contributed by atoms with Crippen molar-refractivity contribution in [2.24, 2.45) is 0 Å². The first kappa shape index (κ1) is 9.73. The summed E-state index contributed by atoms with van der Waals surface area (Å²) in [5.74, 6) is 0.582. The number of aryl methyl sites for hydroxylation is 1. The van der Waals surface area contributed by atoms with Gasteiger partial charge in [-0.1, -0.05) is 0 Å². The van der Waals surface area contributed by atoms with Gasteiger partial charge in [0.25, 0.3) is 0 Å². The lowest BCUT2D eigenvalue weighted by atomic mass is 10.4. The van der Waals surface area contributed by atoms with E-state index in [0.29, 0.717) is 5.82 Å². The minimum atomic E-state index is 0.582. The van der Waals surface area contributed by atoms with E-state index in [9.17, 15) is 0 Å². The van der Waals surface area contributed by atoms with Gasteiger partial charge in [-0.05, 0) is 35.0 Å². The van der Waals surface area contributed by atoms with Gasteiger partial charge in [-0.15, -0.1) is 11.3 Å².